The van der Waals surface area contributed by atoms with E-state index in [1.54, 1.807) is 0 Å². The van der Waals surface area contributed by atoms with Crippen LogP contribution in [0.15, 0.2) is 12.2 Å². The van der Waals surface area contributed by atoms with E-state index in [0.717, 1.165) is 12.8 Å². The molecule has 0 aromatic rings. The highest BCUT2D eigenvalue weighted by Gasteiger charge is 2.72. The Bertz CT molecular complexity index is 386. The minimum absolute atomic E-state index is 0.00926. The number of hydrogen-bond acceptors (Lipinski definition) is 2. The third kappa shape index (κ3) is 1.05. The Kier molecular flexibility index (Phi) is 2.05. The van der Waals surface area contributed by atoms with Gasteiger partial charge in [-0.1, -0.05) is 39.8 Å². The van der Waals surface area contributed by atoms with E-state index in [1.165, 1.54) is 0 Å². The van der Waals surface area contributed by atoms with Crippen LogP contribution in [0.2, 0.25) is 0 Å². The molecule has 3 rings (SSSR count). The molecule has 0 heterocycles. The van der Waals surface area contributed by atoms with E-state index >= 15 is 0 Å². The first-order valence-electron chi connectivity index (χ1n) is 6.81. The molecule has 0 saturated heterocycles. The molecule has 0 aromatic heterocycles. The van der Waals surface area contributed by atoms with Crippen LogP contribution >= 0.6 is 0 Å². The van der Waals surface area contributed by atoms with Crippen molar-refractivity contribution >= 4 is 0 Å². The van der Waals surface area contributed by atoms with Crippen molar-refractivity contribution in [2.24, 2.45) is 28.1 Å². The maximum Gasteiger partial charge on any atom is 0.0783 e. The summed E-state index contributed by atoms with van der Waals surface area (Å²) >= 11 is 0. The van der Waals surface area contributed by atoms with Crippen LogP contribution in [0.25, 0.3) is 0 Å². The molecular formula is C15H24O2. The zero-order valence-electron chi connectivity index (χ0n) is 11.3. The van der Waals surface area contributed by atoms with Crippen molar-refractivity contribution in [1.29, 1.82) is 0 Å². The molecule has 2 saturated carbocycles. The van der Waals surface area contributed by atoms with E-state index in [0.29, 0.717) is 5.92 Å². The second-order valence-electron chi connectivity index (χ2n) is 7.46. The Labute approximate surface area is 104 Å². The Hall–Kier alpha value is -0.340. The van der Waals surface area contributed by atoms with E-state index in [-0.39, 0.29) is 34.4 Å². The minimum atomic E-state index is -0.348. The largest absolute Gasteiger partial charge is 0.393 e. The van der Waals surface area contributed by atoms with Crippen LogP contribution in [0.5, 0.6) is 0 Å². The predicted octanol–water partition coefficient (Wildman–Crippen LogP) is 2.36. The van der Waals surface area contributed by atoms with Gasteiger partial charge in [0.1, 0.15) is 0 Å². The molecule has 17 heavy (non-hydrogen) atoms. The maximum absolute atomic E-state index is 10.4. The molecule has 2 nitrogen and oxygen atoms in total. The number of hydrogen-bond donors (Lipinski definition) is 2. The maximum atomic E-state index is 10.4. The normalized spacial score (nSPS) is 59.4. The van der Waals surface area contributed by atoms with E-state index in [1.807, 2.05) is 6.08 Å². The standard InChI is InChI=1S/C15H24O2/c1-9-10(16)7-11-13(2,3)8-14(4)12(17)5-6-15(9,11)14/h5-6,9-12,16-17H,7-8H2,1-4H3/t9-,10-,11+,12+,14-,15+/m1/s1. The predicted molar refractivity (Wildman–Crippen MR) is 67.4 cm³/mol. The second-order valence-corrected chi connectivity index (χ2v) is 7.46. The number of rotatable bonds is 0. The van der Waals surface area contributed by atoms with E-state index < -0.39 is 0 Å². The molecule has 0 amide bonds. The highest BCUT2D eigenvalue weighted by atomic mass is 16.3. The molecule has 3 aliphatic rings. The van der Waals surface area contributed by atoms with Gasteiger partial charge in [-0.25, -0.2) is 0 Å². The second kappa shape index (κ2) is 2.97. The van der Waals surface area contributed by atoms with Gasteiger partial charge in [0.15, 0.2) is 0 Å². The van der Waals surface area contributed by atoms with Gasteiger partial charge in [0.2, 0.25) is 0 Å². The van der Waals surface area contributed by atoms with Gasteiger partial charge in [-0.2, -0.15) is 0 Å². The SMILES string of the molecule is C[C@@H]1[C@H](O)C[C@H]2C(C)(C)C[C@]3(C)[C@@H](O)C=C[C@]123. The fourth-order valence-corrected chi connectivity index (χ4v) is 5.66. The van der Waals surface area contributed by atoms with Crippen LogP contribution in [0.4, 0.5) is 0 Å². The van der Waals surface area contributed by atoms with E-state index in [9.17, 15) is 10.2 Å². The summed E-state index contributed by atoms with van der Waals surface area (Å²) in [6.45, 7) is 8.98. The zero-order valence-corrected chi connectivity index (χ0v) is 11.3. The summed E-state index contributed by atoms with van der Waals surface area (Å²) in [4.78, 5) is 0. The van der Waals surface area contributed by atoms with Crippen LogP contribution in [-0.2, 0) is 0 Å². The number of aliphatic hydroxyl groups is 2. The molecule has 3 aliphatic carbocycles. The summed E-state index contributed by atoms with van der Waals surface area (Å²) in [6.07, 6.45) is 5.58. The highest BCUT2D eigenvalue weighted by Crippen LogP contribution is 2.75. The lowest BCUT2D eigenvalue weighted by molar-refractivity contribution is -0.0192. The van der Waals surface area contributed by atoms with Crippen molar-refractivity contribution in [2.45, 2.75) is 52.7 Å². The van der Waals surface area contributed by atoms with Crippen molar-refractivity contribution in [1.82, 2.24) is 0 Å². The average molecular weight is 236 g/mol. The quantitative estimate of drug-likeness (QED) is 0.634. The molecule has 0 aliphatic heterocycles. The number of allylic oxidation sites excluding steroid dienone is 1. The van der Waals surface area contributed by atoms with E-state index in [2.05, 4.69) is 33.8 Å². The molecule has 6 atom stereocenters. The smallest absolute Gasteiger partial charge is 0.0783 e. The lowest BCUT2D eigenvalue weighted by Crippen LogP contribution is -2.43. The van der Waals surface area contributed by atoms with Crippen LogP contribution in [0.3, 0.4) is 0 Å². The summed E-state index contributed by atoms with van der Waals surface area (Å²) in [6, 6.07) is 0. The van der Waals surface area contributed by atoms with Crippen molar-refractivity contribution in [3.05, 3.63) is 12.2 Å². The summed E-state index contributed by atoms with van der Waals surface area (Å²) in [7, 11) is 0. The zero-order chi connectivity index (χ0) is 12.6. The molecule has 0 unspecified atom stereocenters. The first-order chi connectivity index (χ1) is 7.76. The third-order valence-corrected chi connectivity index (χ3v) is 6.35. The van der Waals surface area contributed by atoms with Gasteiger partial charge in [-0.3, -0.25) is 0 Å². The molecule has 0 radical (unpaired) electrons. The van der Waals surface area contributed by atoms with Crippen molar-refractivity contribution in [3.63, 3.8) is 0 Å². The van der Waals surface area contributed by atoms with Gasteiger partial charge < -0.3 is 10.2 Å². The first kappa shape index (κ1) is 11.7. The van der Waals surface area contributed by atoms with Gasteiger partial charge in [0, 0.05) is 10.8 Å². The Morgan fingerprint density at radius 1 is 1.18 bits per heavy atom. The lowest BCUT2D eigenvalue weighted by atomic mass is 9.61. The molecule has 0 bridgehead atoms. The summed E-state index contributed by atoms with van der Waals surface area (Å²) in [5, 5.41) is 20.6. The van der Waals surface area contributed by atoms with Gasteiger partial charge in [0.25, 0.3) is 0 Å². The summed E-state index contributed by atoms with van der Waals surface area (Å²) < 4.78 is 0. The van der Waals surface area contributed by atoms with Gasteiger partial charge >= 0.3 is 0 Å². The van der Waals surface area contributed by atoms with Crippen LogP contribution in [0.1, 0.15) is 40.5 Å². The van der Waals surface area contributed by atoms with Gasteiger partial charge in [-0.15, -0.1) is 0 Å². The highest BCUT2D eigenvalue weighted by molar-refractivity contribution is 5.32. The van der Waals surface area contributed by atoms with Gasteiger partial charge in [-0.05, 0) is 30.1 Å². The molecule has 2 heteroatoms. The van der Waals surface area contributed by atoms with Crippen molar-refractivity contribution in [2.75, 3.05) is 0 Å². The Morgan fingerprint density at radius 2 is 1.82 bits per heavy atom. The molecule has 1 spiro atoms. The van der Waals surface area contributed by atoms with Crippen molar-refractivity contribution in [3.8, 4) is 0 Å². The fourth-order valence-electron chi connectivity index (χ4n) is 5.66. The summed E-state index contributed by atoms with van der Waals surface area (Å²) in [5.41, 5.74) is 0.139. The molecular weight excluding hydrogens is 212 g/mol. The fraction of sp³-hybridized carbons (Fsp3) is 0.867. The van der Waals surface area contributed by atoms with E-state index in [4.69, 9.17) is 0 Å². The van der Waals surface area contributed by atoms with Gasteiger partial charge in [0.05, 0.1) is 12.2 Å². The van der Waals surface area contributed by atoms with Crippen molar-refractivity contribution < 1.29 is 10.2 Å². The first-order valence-corrected chi connectivity index (χ1v) is 6.81. The average Bonchev–Trinajstić information content (AvgIpc) is 2.68. The monoisotopic (exact) mass is 236 g/mol. The lowest BCUT2D eigenvalue weighted by Gasteiger charge is -2.43. The Morgan fingerprint density at radius 3 is 2.47 bits per heavy atom. The van der Waals surface area contributed by atoms with Crippen LogP contribution in [-0.4, -0.2) is 22.4 Å². The topological polar surface area (TPSA) is 40.5 Å². The Balaban J connectivity index is 2.18. The molecule has 96 valence electrons. The third-order valence-electron chi connectivity index (χ3n) is 6.35. The van der Waals surface area contributed by atoms with Crippen LogP contribution < -0.4 is 0 Å². The minimum Gasteiger partial charge on any atom is -0.393 e. The molecule has 2 N–H and O–H groups in total. The summed E-state index contributed by atoms with van der Waals surface area (Å²) in [5.74, 6) is 0.756. The number of aliphatic hydroxyl groups excluding tert-OH is 2. The molecule has 2 fully saturated rings. The van der Waals surface area contributed by atoms with Crippen LogP contribution in [0, 0.1) is 28.1 Å². The molecule has 0 aromatic carbocycles.